The Hall–Kier alpha value is -1.16. The zero-order chi connectivity index (χ0) is 10.8. The van der Waals surface area contributed by atoms with Crippen LogP contribution in [0.5, 0.6) is 0 Å². The summed E-state index contributed by atoms with van der Waals surface area (Å²) in [5, 5.41) is 3.44. The average molecular weight is 221 g/mol. The predicted octanol–water partition coefficient (Wildman–Crippen LogP) is 1.93. The average Bonchev–Trinajstić information content (AvgIpc) is 3.01. The van der Waals surface area contributed by atoms with Crippen molar-refractivity contribution in [3.63, 3.8) is 0 Å². The third kappa shape index (κ3) is 2.65. The van der Waals surface area contributed by atoms with Gasteiger partial charge in [-0.2, -0.15) is 0 Å². The standard InChI is InChI=1S/C11H15N3S/c1-7(8-2-3-8)14-9-4-5-13-10(6-9)11(12)15/h4-8H,2-3H2,1H3,(H2,12,15)(H,13,14). The van der Waals surface area contributed by atoms with Crippen molar-refractivity contribution >= 4 is 22.9 Å². The van der Waals surface area contributed by atoms with Gasteiger partial charge in [0, 0.05) is 17.9 Å². The molecule has 0 radical (unpaired) electrons. The van der Waals surface area contributed by atoms with E-state index in [0.29, 0.717) is 16.7 Å². The molecule has 0 spiro atoms. The zero-order valence-corrected chi connectivity index (χ0v) is 9.55. The molecule has 1 aliphatic rings. The largest absolute Gasteiger partial charge is 0.388 e. The first-order chi connectivity index (χ1) is 7.16. The van der Waals surface area contributed by atoms with Gasteiger partial charge in [-0.25, -0.2) is 0 Å². The first-order valence-corrected chi connectivity index (χ1v) is 5.60. The topological polar surface area (TPSA) is 50.9 Å². The molecular weight excluding hydrogens is 206 g/mol. The van der Waals surface area contributed by atoms with Crippen molar-refractivity contribution in [2.45, 2.75) is 25.8 Å². The molecule has 1 saturated carbocycles. The highest BCUT2D eigenvalue weighted by Crippen LogP contribution is 2.33. The van der Waals surface area contributed by atoms with E-state index in [1.54, 1.807) is 6.20 Å². The molecule has 1 heterocycles. The second-order valence-electron chi connectivity index (χ2n) is 4.06. The van der Waals surface area contributed by atoms with E-state index in [4.69, 9.17) is 18.0 Å². The lowest BCUT2D eigenvalue weighted by Crippen LogP contribution is -2.18. The number of rotatable bonds is 4. The van der Waals surface area contributed by atoms with Gasteiger partial charge in [0.15, 0.2) is 0 Å². The molecule has 0 saturated heterocycles. The second-order valence-corrected chi connectivity index (χ2v) is 4.50. The van der Waals surface area contributed by atoms with E-state index in [2.05, 4.69) is 17.2 Å². The Morgan fingerprint density at radius 2 is 2.40 bits per heavy atom. The van der Waals surface area contributed by atoms with Crippen LogP contribution in [0, 0.1) is 5.92 Å². The third-order valence-corrected chi connectivity index (χ3v) is 2.94. The van der Waals surface area contributed by atoms with Crippen molar-refractivity contribution in [2.24, 2.45) is 11.7 Å². The van der Waals surface area contributed by atoms with E-state index in [-0.39, 0.29) is 0 Å². The van der Waals surface area contributed by atoms with Crippen LogP contribution < -0.4 is 11.1 Å². The van der Waals surface area contributed by atoms with Crippen LogP contribution in [0.25, 0.3) is 0 Å². The van der Waals surface area contributed by atoms with Gasteiger partial charge >= 0.3 is 0 Å². The molecule has 15 heavy (non-hydrogen) atoms. The van der Waals surface area contributed by atoms with E-state index in [0.717, 1.165) is 11.6 Å². The van der Waals surface area contributed by atoms with E-state index in [1.165, 1.54) is 12.8 Å². The summed E-state index contributed by atoms with van der Waals surface area (Å²) >= 11 is 4.89. The lowest BCUT2D eigenvalue weighted by Gasteiger charge is -2.14. The first-order valence-electron chi connectivity index (χ1n) is 5.19. The molecule has 2 rings (SSSR count). The molecule has 1 aliphatic carbocycles. The quantitative estimate of drug-likeness (QED) is 0.763. The molecule has 1 atom stereocenters. The molecule has 0 amide bonds. The highest BCUT2D eigenvalue weighted by Gasteiger charge is 2.27. The lowest BCUT2D eigenvalue weighted by atomic mass is 10.2. The Morgan fingerprint density at radius 3 is 3.00 bits per heavy atom. The summed E-state index contributed by atoms with van der Waals surface area (Å²) in [6.45, 7) is 2.21. The molecule has 4 heteroatoms. The summed E-state index contributed by atoms with van der Waals surface area (Å²) in [7, 11) is 0. The Balaban J connectivity index is 2.07. The molecule has 0 aromatic carbocycles. The SMILES string of the molecule is CC(Nc1ccnc(C(N)=S)c1)C1CC1. The van der Waals surface area contributed by atoms with Gasteiger partial charge in [0.05, 0.1) is 5.69 Å². The van der Waals surface area contributed by atoms with Crippen LogP contribution in [0.2, 0.25) is 0 Å². The van der Waals surface area contributed by atoms with Crippen molar-refractivity contribution in [1.82, 2.24) is 4.98 Å². The number of anilines is 1. The van der Waals surface area contributed by atoms with Crippen molar-refractivity contribution in [3.05, 3.63) is 24.0 Å². The van der Waals surface area contributed by atoms with Gasteiger partial charge in [-0.1, -0.05) is 12.2 Å². The summed E-state index contributed by atoms with van der Waals surface area (Å²) in [6, 6.07) is 4.37. The van der Waals surface area contributed by atoms with E-state index < -0.39 is 0 Å². The Morgan fingerprint density at radius 1 is 1.67 bits per heavy atom. The monoisotopic (exact) mass is 221 g/mol. The molecule has 3 N–H and O–H groups in total. The van der Waals surface area contributed by atoms with Gasteiger partial charge in [-0.05, 0) is 37.8 Å². The van der Waals surface area contributed by atoms with Gasteiger partial charge in [0.25, 0.3) is 0 Å². The third-order valence-electron chi connectivity index (χ3n) is 2.74. The van der Waals surface area contributed by atoms with Gasteiger partial charge in [0.1, 0.15) is 4.99 Å². The molecule has 1 aromatic rings. The molecule has 1 fully saturated rings. The summed E-state index contributed by atoms with van der Waals surface area (Å²) in [5.41, 5.74) is 7.25. The molecule has 1 aromatic heterocycles. The predicted molar refractivity (Wildman–Crippen MR) is 65.9 cm³/mol. The highest BCUT2D eigenvalue weighted by atomic mass is 32.1. The highest BCUT2D eigenvalue weighted by molar-refractivity contribution is 7.80. The number of hydrogen-bond donors (Lipinski definition) is 2. The van der Waals surface area contributed by atoms with Gasteiger partial charge < -0.3 is 11.1 Å². The second kappa shape index (κ2) is 4.14. The van der Waals surface area contributed by atoms with Gasteiger partial charge in [0.2, 0.25) is 0 Å². The summed E-state index contributed by atoms with van der Waals surface area (Å²) in [6.07, 6.45) is 4.40. The Kier molecular flexibility index (Phi) is 2.86. The number of nitrogens with zero attached hydrogens (tertiary/aromatic N) is 1. The fourth-order valence-corrected chi connectivity index (χ4v) is 1.74. The normalized spacial score (nSPS) is 17.1. The number of nitrogens with two attached hydrogens (primary N) is 1. The van der Waals surface area contributed by atoms with Crippen molar-refractivity contribution in [2.75, 3.05) is 5.32 Å². The van der Waals surface area contributed by atoms with E-state index in [1.807, 2.05) is 12.1 Å². The van der Waals surface area contributed by atoms with E-state index in [9.17, 15) is 0 Å². The molecule has 1 unspecified atom stereocenters. The lowest BCUT2D eigenvalue weighted by molar-refractivity contribution is 0.694. The van der Waals surface area contributed by atoms with Gasteiger partial charge in [-0.15, -0.1) is 0 Å². The summed E-state index contributed by atoms with van der Waals surface area (Å²) in [5.74, 6) is 0.825. The maximum Gasteiger partial charge on any atom is 0.122 e. The number of pyridine rings is 1. The van der Waals surface area contributed by atoms with Gasteiger partial charge in [-0.3, -0.25) is 4.98 Å². The van der Waals surface area contributed by atoms with Crippen LogP contribution in [0.15, 0.2) is 18.3 Å². The molecule has 80 valence electrons. The van der Waals surface area contributed by atoms with Crippen LogP contribution in [0.3, 0.4) is 0 Å². The maximum atomic E-state index is 5.53. The van der Waals surface area contributed by atoms with Crippen LogP contribution in [-0.2, 0) is 0 Å². The minimum atomic E-state index is 0.345. The smallest absolute Gasteiger partial charge is 0.122 e. The first kappa shape index (κ1) is 10.4. The van der Waals surface area contributed by atoms with Crippen LogP contribution in [0.1, 0.15) is 25.5 Å². The fraction of sp³-hybridized carbons (Fsp3) is 0.455. The van der Waals surface area contributed by atoms with E-state index >= 15 is 0 Å². The number of thiocarbonyl (C=S) groups is 1. The van der Waals surface area contributed by atoms with Crippen LogP contribution in [0.4, 0.5) is 5.69 Å². The molecule has 3 nitrogen and oxygen atoms in total. The van der Waals surface area contributed by atoms with Crippen molar-refractivity contribution < 1.29 is 0 Å². The van der Waals surface area contributed by atoms with Crippen molar-refractivity contribution in [3.8, 4) is 0 Å². The minimum Gasteiger partial charge on any atom is -0.388 e. The minimum absolute atomic E-state index is 0.345. The summed E-state index contributed by atoms with van der Waals surface area (Å²) < 4.78 is 0. The zero-order valence-electron chi connectivity index (χ0n) is 8.73. The van der Waals surface area contributed by atoms with Crippen LogP contribution >= 0.6 is 12.2 Å². The fourth-order valence-electron chi connectivity index (χ4n) is 1.63. The molecule has 0 aliphatic heterocycles. The number of hydrogen-bond acceptors (Lipinski definition) is 3. The van der Waals surface area contributed by atoms with Crippen molar-refractivity contribution in [1.29, 1.82) is 0 Å². The Labute approximate surface area is 95.1 Å². The number of aromatic nitrogens is 1. The Bertz CT molecular complexity index is 374. The summed E-state index contributed by atoms with van der Waals surface area (Å²) in [4.78, 5) is 4.45. The van der Waals surface area contributed by atoms with Crippen LogP contribution in [-0.4, -0.2) is 16.0 Å². The molecular formula is C11H15N3S. The number of nitrogens with one attached hydrogen (secondary N) is 1. The maximum absolute atomic E-state index is 5.53. The molecule has 0 bridgehead atoms.